The maximum Gasteiger partial charge on any atom is 0.161 e. The minimum absolute atomic E-state index is 0.508. The van der Waals surface area contributed by atoms with E-state index in [0.717, 1.165) is 23.2 Å². The number of hydrogen-bond acceptors (Lipinski definition) is 4. The molecule has 1 aromatic carbocycles. The summed E-state index contributed by atoms with van der Waals surface area (Å²) in [6, 6.07) is 5.62. The predicted octanol–water partition coefficient (Wildman–Crippen LogP) is 4.08. The van der Waals surface area contributed by atoms with Crippen molar-refractivity contribution in [1.82, 2.24) is 9.97 Å². The summed E-state index contributed by atoms with van der Waals surface area (Å²) in [5.41, 5.74) is 2.74. The Morgan fingerprint density at radius 2 is 1.90 bits per heavy atom. The third-order valence-electron chi connectivity index (χ3n) is 3.24. The number of halogens is 1. The molecule has 0 amide bonds. The Morgan fingerprint density at radius 1 is 1.14 bits per heavy atom. The van der Waals surface area contributed by atoms with Crippen LogP contribution in [-0.4, -0.2) is 23.7 Å². The maximum atomic E-state index is 6.24. The van der Waals surface area contributed by atoms with Gasteiger partial charge in [-0.25, -0.2) is 9.97 Å². The lowest BCUT2D eigenvalue weighted by atomic mass is 10.1. The van der Waals surface area contributed by atoms with E-state index in [1.165, 1.54) is 0 Å². The highest BCUT2D eigenvalue weighted by molar-refractivity contribution is 6.30. The molecule has 0 saturated heterocycles. The van der Waals surface area contributed by atoms with Crippen molar-refractivity contribution in [2.24, 2.45) is 0 Å². The van der Waals surface area contributed by atoms with Gasteiger partial charge in [0.1, 0.15) is 5.15 Å². The Kier molecular flexibility index (Phi) is 5.02. The molecule has 5 heteroatoms. The van der Waals surface area contributed by atoms with Crippen molar-refractivity contribution in [3.05, 3.63) is 34.6 Å². The Hall–Kier alpha value is -1.81. The zero-order valence-electron chi connectivity index (χ0n) is 12.7. The van der Waals surface area contributed by atoms with Crippen LogP contribution in [-0.2, 0) is 6.42 Å². The first-order chi connectivity index (χ1) is 10.1. The standard InChI is InChI=1S/C16H19ClN2O2/c1-5-12-10(3)18-16(19-15(12)17)11-7-8-13(20-4)14(9-11)21-6-2/h7-9H,5-6H2,1-4H3. The van der Waals surface area contributed by atoms with Crippen molar-refractivity contribution >= 4 is 11.6 Å². The van der Waals surface area contributed by atoms with Gasteiger partial charge in [0, 0.05) is 16.8 Å². The zero-order chi connectivity index (χ0) is 15.4. The summed E-state index contributed by atoms with van der Waals surface area (Å²) in [5, 5.41) is 0.508. The van der Waals surface area contributed by atoms with Gasteiger partial charge in [0.25, 0.3) is 0 Å². The second-order valence-corrected chi connectivity index (χ2v) is 4.91. The summed E-state index contributed by atoms with van der Waals surface area (Å²) in [7, 11) is 1.62. The van der Waals surface area contributed by atoms with Gasteiger partial charge >= 0.3 is 0 Å². The van der Waals surface area contributed by atoms with Crippen LogP contribution in [0, 0.1) is 6.92 Å². The molecule has 2 rings (SSSR count). The molecule has 0 fully saturated rings. The molecule has 4 nitrogen and oxygen atoms in total. The van der Waals surface area contributed by atoms with Crippen molar-refractivity contribution in [3.63, 3.8) is 0 Å². The third-order valence-corrected chi connectivity index (χ3v) is 3.55. The van der Waals surface area contributed by atoms with Crippen LogP contribution in [0.15, 0.2) is 18.2 Å². The molecule has 1 aromatic heterocycles. The third kappa shape index (κ3) is 3.27. The van der Waals surface area contributed by atoms with Crippen LogP contribution in [0.25, 0.3) is 11.4 Å². The quantitative estimate of drug-likeness (QED) is 0.781. The number of methoxy groups -OCH3 is 1. The normalized spacial score (nSPS) is 10.5. The molecule has 0 atom stereocenters. The molecule has 0 aliphatic rings. The predicted molar refractivity (Wildman–Crippen MR) is 84.3 cm³/mol. The van der Waals surface area contributed by atoms with Gasteiger partial charge < -0.3 is 9.47 Å². The summed E-state index contributed by atoms with van der Waals surface area (Å²) < 4.78 is 10.9. The van der Waals surface area contributed by atoms with Crippen LogP contribution in [0.1, 0.15) is 25.1 Å². The van der Waals surface area contributed by atoms with Crippen molar-refractivity contribution < 1.29 is 9.47 Å². The minimum Gasteiger partial charge on any atom is -0.493 e. The SMILES string of the molecule is CCOc1cc(-c2nc(C)c(CC)c(Cl)n2)ccc1OC. The van der Waals surface area contributed by atoms with Gasteiger partial charge in [-0.3, -0.25) is 0 Å². The van der Waals surface area contributed by atoms with E-state index in [1.807, 2.05) is 39.0 Å². The molecular weight excluding hydrogens is 288 g/mol. The van der Waals surface area contributed by atoms with Crippen LogP contribution in [0.2, 0.25) is 5.15 Å². The largest absolute Gasteiger partial charge is 0.493 e. The Labute approximate surface area is 130 Å². The number of aryl methyl sites for hydroxylation is 1. The molecule has 0 aliphatic heterocycles. The molecule has 0 aliphatic carbocycles. The van der Waals surface area contributed by atoms with Crippen LogP contribution >= 0.6 is 11.6 Å². The van der Waals surface area contributed by atoms with Gasteiger partial charge in [-0.15, -0.1) is 0 Å². The van der Waals surface area contributed by atoms with Crippen LogP contribution in [0.3, 0.4) is 0 Å². The maximum absolute atomic E-state index is 6.24. The van der Waals surface area contributed by atoms with E-state index in [1.54, 1.807) is 7.11 Å². The molecular formula is C16H19ClN2O2. The van der Waals surface area contributed by atoms with E-state index in [9.17, 15) is 0 Å². The number of aromatic nitrogens is 2. The summed E-state index contributed by atoms with van der Waals surface area (Å²) in [5.74, 6) is 1.96. The highest BCUT2D eigenvalue weighted by atomic mass is 35.5. The first-order valence-electron chi connectivity index (χ1n) is 6.94. The lowest BCUT2D eigenvalue weighted by Gasteiger charge is -2.12. The van der Waals surface area contributed by atoms with E-state index >= 15 is 0 Å². The van der Waals surface area contributed by atoms with Crippen LogP contribution in [0.5, 0.6) is 11.5 Å². The van der Waals surface area contributed by atoms with E-state index in [2.05, 4.69) is 9.97 Å². The molecule has 0 N–H and O–H groups in total. The fraction of sp³-hybridized carbons (Fsp3) is 0.375. The number of hydrogen-bond donors (Lipinski definition) is 0. The fourth-order valence-corrected chi connectivity index (χ4v) is 2.53. The Balaban J connectivity index is 2.49. The van der Waals surface area contributed by atoms with Crippen LogP contribution in [0.4, 0.5) is 0 Å². The monoisotopic (exact) mass is 306 g/mol. The van der Waals surface area contributed by atoms with Gasteiger partial charge in [0.05, 0.1) is 13.7 Å². The van der Waals surface area contributed by atoms with Crippen LogP contribution < -0.4 is 9.47 Å². The highest BCUT2D eigenvalue weighted by Crippen LogP contribution is 2.32. The molecule has 21 heavy (non-hydrogen) atoms. The first-order valence-corrected chi connectivity index (χ1v) is 7.32. The van der Waals surface area contributed by atoms with Crippen molar-refractivity contribution in [2.75, 3.05) is 13.7 Å². The smallest absolute Gasteiger partial charge is 0.161 e. The molecule has 2 aromatic rings. The second kappa shape index (κ2) is 6.76. The second-order valence-electron chi connectivity index (χ2n) is 4.55. The zero-order valence-corrected chi connectivity index (χ0v) is 13.5. The highest BCUT2D eigenvalue weighted by Gasteiger charge is 2.12. The Morgan fingerprint density at radius 3 is 2.48 bits per heavy atom. The molecule has 0 saturated carbocycles. The molecule has 112 valence electrons. The lowest BCUT2D eigenvalue weighted by Crippen LogP contribution is -2.00. The number of ether oxygens (including phenoxy) is 2. The molecule has 0 unspecified atom stereocenters. The average Bonchev–Trinajstić information content (AvgIpc) is 2.47. The van der Waals surface area contributed by atoms with Gasteiger partial charge in [-0.2, -0.15) is 0 Å². The van der Waals surface area contributed by atoms with Gasteiger partial charge in [-0.1, -0.05) is 18.5 Å². The summed E-state index contributed by atoms with van der Waals surface area (Å²) in [6.45, 7) is 6.48. The molecule has 0 bridgehead atoms. The summed E-state index contributed by atoms with van der Waals surface area (Å²) in [6.07, 6.45) is 0.817. The summed E-state index contributed by atoms with van der Waals surface area (Å²) >= 11 is 6.24. The van der Waals surface area contributed by atoms with Gasteiger partial charge in [0.2, 0.25) is 0 Å². The number of rotatable bonds is 5. The minimum atomic E-state index is 0.508. The van der Waals surface area contributed by atoms with Crippen molar-refractivity contribution in [2.45, 2.75) is 27.2 Å². The Bertz CT molecular complexity index is 621. The topological polar surface area (TPSA) is 44.2 Å². The number of benzene rings is 1. The molecule has 1 heterocycles. The fourth-order valence-electron chi connectivity index (χ4n) is 2.18. The molecule has 0 radical (unpaired) electrons. The lowest BCUT2D eigenvalue weighted by molar-refractivity contribution is 0.311. The van der Waals surface area contributed by atoms with E-state index in [0.29, 0.717) is 29.1 Å². The number of nitrogens with zero attached hydrogens (tertiary/aromatic N) is 2. The van der Waals surface area contributed by atoms with Crippen molar-refractivity contribution in [3.8, 4) is 22.9 Å². The van der Waals surface area contributed by atoms with Crippen molar-refractivity contribution in [1.29, 1.82) is 0 Å². The van der Waals surface area contributed by atoms with E-state index < -0.39 is 0 Å². The molecule has 0 spiro atoms. The van der Waals surface area contributed by atoms with Gasteiger partial charge in [-0.05, 0) is 38.5 Å². The summed E-state index contributed by atoms with van der Waals surface area (Å²) in [4.78, 5) is 8.93. The van der Waals surface area contributed by atoms with E-state index in [-0.39, 0.29) is 0 Å². The van der Waals surface area contributed by atoms with Gasteiger partial charge in [0.15, 0.2) is 17.3 Å². The average molecular weight is 307 g/mol. The first kappa shape index (κ1) is 15.6. The van der Waals surface area contributed by atoms with E-state index in [4.69, 9.17) is 21.1 Å².